The first-order chi connectivity index (χ1) is 17.5. The number of methoxy groups -OCH3 is 1. The second-order valence-corrected chi connectivity index (χ2v) is 14.2. The summed E-state index contributed by atoms with van der Waals surface area (Å²) in [6, 6.07) is 4.82. The van der Waals surface area contributed by atoms with Gasteiger partial charge in [-0.05, 0) is 62.6 Å². The molecule has 0 spiro atoms. The van der Waals surface area contributed by atoms with Gasteiger partial charge in [0.2, 0.25) is 0 Å². The van der Waals surface area contributed by atoms with E-state index < -0.39 is 29.1 Å². The van der Waals surface area contributed by atoms with E-state index in [1.165, 1.54) is 11.3 Å². The zero-order chi connectivity index (χ0) is 28.6. The van der Waals surface area contributed by atoms with Crippen molar-refractivity contribution >= 4 is 34.8 Å². The molecule has 1 N–H and O–H groups in total. The van der Waals surface area contributed by atoms with Gasteiger partial charge in [0.05, 0.1) is 13.2 Å². The van der Waals surface area contributed by atoms with Gasteiger partial charge in [0.25, 0.3) is 5.91 Å². The number of likely N-dealkylation sites (tertiary alicyclic amines) is 1. The number of carbonyl (C=O) groups excluding carboxylic acids is 2. The molecule has 38 heavy (non-hydrogen) atoms. The van der Waals surface area contributed by atoms with Crippen LogP contribution in [0.3, 0.4) is 0 Å². The summed E-state index contributed by atoms with van der Waals surface area (Å²) in [5.41, 5.74) is -0.873. The number of ether oxygens (including phenoxy) is 2. The van der Waals surface area contributed by atoms with Crippen LogP contribution in [0.4, 0.5) is 0 Å². The van der Waals surface area contributed by atoms with Gasteiger partial charge in [0.1, 0.15) is 16.9 Å². The van der Waals surface area contributed by atoms with Gasteiger partial charge in [-0.2, -0.15) is 0 Å². The molecular weight excluding hydrogens is 524 g/mol. The number of hydrogen-bond donors (Lipinski definition) is 1. The highest BCUT2D eigenvalue weighted by Crippen LogP contribution is 2.52. The van der Waals surface area contributed by atoms with Gasteiger partial charge in [0, 0.05) is 29.2 Å². The van der Waals surface area contributed by atoms with E-state index in [-0.39, 0.29) is 30.3 Å². The second-order valence-electron chi connectivity index (χ2n) is 12.6. The van der Waals surface area contributed by atoms with Crippen molar-refractivity contribution in [2.75, 3.05) is 13.7 Å². The Hall–Kier alpha value is -2.16. The zero-order valence-electron chi connectivity index (χ0n) is 23.9. The van der Waals surface area contributed by atoms with Crippen LogP contribution in [0.2, 0.25) is 4.47 Å². The molecule has 9 heteroatoms. The lowest BCUT2D eigenvalue weighted by molar-refractivity contribution is -0.168. The molecule has 3 rings (SSSR count). The van der Waals surface area contributed by atoms with Crippen LogP contribution in [0.5, 0.6) is 5.75 Å². The molecular formula is C29H41ClN2O5S. The molecule has 1 aliphatic rings. The first-order valence-corrected chi connectivity index (χ1v) is 14.2. The van der Waals surface area contributed by atoms with Crippen molar-refractivity contribution < 1.29 is 24.2 Å². The van der Waals surface area contributed by atoms with Gasteiger partial charge >= 0.3 is 5.97 Å². The number of rotatable bonds is 7. The molecule has 0 saturated carbocycles. The van der Waals surface area contributed by atoms with Crippen LogP contribution < -0.4 is 4.74 Å². The van der Waals surface area contributed by atoms with Crippen molar-refractivity contribution in [1.29, 1.82) is 0 Å². The number of nitrogens with zero attached hydrogens (tertiary/aromatic N) is 2. The lowest BCUT2D eigenvalue weighted by atomic mass is 9.83. The molecule has 210 valence electrons. The van der Waals surface area contributed by atoms with Crippen molar-refractivity contribution in [3.05, 3.63) is 44.9 Å². The van der Waals surface area contributed by atoms with Crippen LogP contribution >= 0.6 is 22.9 Å². The lowest BCUT2D eigenvalue weighted by Gasteiger charge is -2.41. The van der Waals surface area contributed by atoms with Gasteiger partial charge in [-0.25, -0.2) is 9.78 Å². The van der Waals surface area contributed by atoms with Gasteiger partial charge in [-0.3, -0.25) is 4.79 Å². The van der Waals surface area contributed by atoms with Crippen molar-refractivity contribution in [3.63, 3.8) is 0 Å². The average molecular weight is 565 g/mol. The molecule has 2 heterocycles. The minimum Gasteiger partial charge on any atom is -0.496 e. The highest BCUT2D eigenvalue weighted by Gasteiger charge is 2.60. The average Bonchev–Trinajstić information content (AvgIpc) is 3.37. The van der Waals surface area contributed by atoms with Crippen molar-refractivity contribution in [1.82, 2.24) is 9.88 Å². The topological polar surface area (TPSA) is 89.0 Å². The zero-order valence-corrected chi connectivity index (χ0v) is 25.5. The van der Waals surface area contributed by atoms with E-state index in [0.29, 0.717) is 22.2 Å². The van der Waals surface area contributed by atoms with Gasteiger partial charge in [0.15, 0.2) is 4.47 Å². The number of aromatic nitrogens is 1. The summed E-state index contributed by atoms with van der Waals surface area (Å²) in [7, 11) is 1.59. The first-order valence-electron chi connectivity index (χ1n) is 13.0. The predicted molar refractivity (Wildman–Crippen MR) is 151 cm³/mol. The maximum Gasteiger partial charge on any atom is 0.332 e. The Kier molecular flexibility index (Phi) is 8.91. The predicted octanol–water partition coefficient (Wildman–Crippen LogP) is 6.42. The number of amides is 1. The minimum atomic E-state index is -1.29. The summed E-state index contributed by atoms with van der Waals surface area (Å²) in [4.78, 5) is 35.1. The maximum absolute atomic E-state index is 14.5. The van der Waals surface area contributed by atoms with Crippen LogP contribution in [0.25, 0.3) is 0 Å². The molecule has 1 amide bonds. The Bertz CT molecular complexity index is 1170. The van der Waals surface area contributed by atoms with E-state index >= 15 is 0 Å². The molecule has 2 aromatic rings. The Morgan fingerprint density at radius 3 is 2.37 bits per heavy atom. The number of benzene rings is 1. The van der Waals surface area contributed by atoms with Gasteiger partial charge in [-0.15, -0.1) is 11.3 Å². The van der Waals surface area contributed by atoms with Crippen LogP contribution in [0, 0.1) is 11.8 Å². The molecule has 1 aliphatic heterocycles. The summed E-state index contributed by atoms with van der Waals surface area (Å²) in [6.07, 6.45) is 2.27. The van der Waals surface area contributed by atoms with Gasteiger partial charge in [-0.1, -0.05) is 52.3 Å². The van der Waals surface area contributed by atoms with Crippen molar-refractivity contribution in [2.24, 2.45) is 11.8 Å². The molecule has 1 aromatic carbocycles. The fourth-order valence-electron chi connectivity index (χ4n) is 5.44. The maximum atomic E-state index is 14.5. The normalized spacial score (nSPS) is 22.2. The van der Waals surface area contributed by atoms with Crippen molar-refractivity contribution in [2.45, 2.75) is 90.8 Å². The molecule has 7 nitrogen and oxygen atoms in total. The fourth-order valence-corrected chi connectivity index (χ4v) is 6.58. The van der Waals surface area contributed by atoms with Crippen LogP contribution in [-0.4, -0.2) is 51.7 Å². The van der Waals surface area contributed by atoms with E-state index in [0.717, 1.165) is 10.4 Å². The number of carbonyl (C=O) groups is 2. The van der Waals surface area contributed by atoms with Crippen LogP contribution in [-0.2, 0) is 14.9 Å². The monoisotopic (exact) mass is 564 g/mol. The molecule has 1 saturated heterocycles. The van der Waals surface area contributed by atoms with Crippen LogP contribution in [0.15, 0.2) is 24.4 Å². The number of thiazole rings is 1. The number of esters is 1. The Labute approximate surface area is 235 Å². The summed E-state index contributed by atoms with van der Waals surface area (Å²) in [5.74, 6) is -0.538. The summed E-state index contributed by atoms with van der Waals surface area (Å²) in [6.45, 7) is 15.5. The smallest absolute Gasteiger partial charge is 0.332 e. The second kappa shape index (κ2) is 11.1. The molecule has 0 radical (unpaired) electrons. The Morgan fingerprint density at radius 1 is 1.24 bits per heavy atom. The van der Waals surface area contributed by atoms with E-state index in [4.69, 9.17) is 21.1 Å². The van der Waals surface area contributed by atoms with Crippen LogP contribution in [0.1, 0.15) is 95.1 Å². The minimum absolute atomic E-state index is 0.0683. The lowest BCUT2D eigenvalue weighted by Crippen LogP contribution is -2.56. The van der Waals surface area contributed by atoms with E-state index in [9.17, 15) is 14.7 Å². The number of hydrogen-bond acceptors (Lipinski definition) is 7. The Balaban J connectivity index is 2.26. The van der Waals surface area contributed by atoms with E-state index in [2.05, 4.69) is 25.8 Å². The molecule has 0 aliphatic carbocycles. The molecule has 0 unspecified atom stereocenters. The fraction of sp³-hybridized carbons (Fsp3) is 0.621. The highest BCUT2D eigenvalue weighted by atomic mass is 35.5. The molecule has 0 bridgehead atoms. The molecule has 1 aromatic heterocycles. The van der Waals surface area contributed by atoms with E-state index in [1.54, 1.807) is 30.3 Å². The number of aliphatic hydroxyl groups excluding tert-OH is 1. The standard InChI is InChI=1S/C29H41ClN2O5S/c1-17(2)13-29(25(35)37-28(6,7)8)14-19(16-33)23(22-15-31-26(30)38-22)32(29)24(34)18-10-11-20(27(3,4)5)21(12-18)36-9/h10-12,15,17,19,23,33H,13-14,16H2,1-9H3/t19-,23-,29+/m1/s1. The molecule has 1 fully saturated rings. The number of halogens is 1. The van der Waals surface area contributed by atoms with Gasteiger partial charge < -0.3 is 19.5 Å². The number of aliphatic hydroxyl groups is 1. The summed E-state index contributed by atoms with van der Waals surface area (Å²) < 4.78 is 12.0. The summed E-state index contributed by atoms with van der Waals surface area (Å²) >= 11 is 7.46. The van der Waals surface area contributed by atoms with E-state index in [1.807, 2.05) is 40.7 Å². The van der Waals surface area contributed by atoms with Crippen molar-refractivity contribution in [3.8, 4) is 5.75 Å². The quantitative estimate of drug-likeness (QED) is 0.390. The third-order valence-corrected chi connectivity index (χ3v) is 7.99. The molecule has 3 atom stereocenters. The largest absolute Gasteiger partial charge is 0.496 e. The Morgan fingerprint density at radius 2 is 1.89 bits per heavy atom. The summed E-state index contributed by atoms with van der Waals surface area (Å²) in [5, 5.41) is 10.5. The SMILES string of the molecule is COc1cc(C(=O)N2[C@@H](c3cnc(Cl)s3)[C@@H](CO)C[C@@]2(CC(C)C)C(=O)OC(C)(C)C)ccc1C(C)(C)C. The highest BCUT2D eigenvalue weighted by molar-refractivity contribution is 7.15. The third-order valence-electron chi connectivity index (χ3n) is 6.81. The third kappa shape index (κ3) is 6.18. The first kappa shape index (κ1) is 30.4.